The number of pyridine rings is 1. The standard InChI is InChI=1S/C27H33N5O9/c1-2-40-26(39)32-12-10-31(11-13-32)24(36)17(6-7-19(33)34)21-20(23(29)35)22(41-27(25(37)38)8-3-9-27)16-5-4-15(28)14-18(16)30-21/h4-5,14,17H,2-3,6-13,28H2,1H3,(H2,29,35)(H,33,34)(H,37,38). The maximum atomic E-state index is 13.9. The Balaban J connectivity index is 1.81. The number of amides is 3. The van der Waals surface area contributed by atoms with Gasteiger partial charge in [-0.3, -0.25) is 19.4 Å². The number of anilines is 1. The fourth-order valence-electron chi connectivity index (χ4n) is 5.11. The fourth-order valence-corrected chi connectivity index (χ4v) is 5.11. The summed E-state index contributed by atoms with van der Waals surface area (Å²) in [5, 5.41) is 19.6. The molecule has 14 nitrogen and oxygen atoms in total. The van der Waals surface area contributed by atoms with Crippen LogP contribution < -0.4 is 16.2 Å². The predicted octanol–water partition coefficient (Wildman–Crippen LogP) is 1.55. The molecule has 1 unspecified atom stereocenters. The van der Waals surface area contributed by atoms with Gasteiger partial charge in [-0.2, -0.15) is 0 Å². The number of aromatic nitrogens is 1. The molecule has 1 aliphatic heterocycles. The predicted molar refractivity (Wildman–Crippen MR) is 144 cm³/mol. The number of nitrogen functional groups attached to an aromatic ring is 1. The first-order valence-electron chi connectivity index (χ1n) is 13.3. The third-order valence-electron chi connectivity index (χ3n) is 7.48. The Kier molecular flexibility index (Phi) is 8.49. The molecule has 41 heavy (non-hydrogen) atoms. The lowest BCUT2D eigenvalue weighted by Crippen LogP contribution is -2.52. The summed E-state index contributed by atoms with van der Waals surface area (Å²) in [6.45, 7) is 2.55. The van der Waals surface area contributed by atoms with Gasteiger partial charge >= 0.3 is 18.0 Å². The van der Waals surface area contributed by atoms with Crippen LogP contribution in [0.5, 0.6) is 5.75 Å². The number of fused-ring (bicyclic) bond motifs is 1. The van der Waals surface area contributed by atoms with Crippen molar-refractivity contribution in [1.29, 1.82) is 0 Å². The second kappa shape index (κ2) is 11.9. The fraction of sp³-hybridized carbons (Fsp3) is 0.481. The first-order valence-corrected chi connectivity index (χ1v) is 13.3. The number of ether oxygens (including phenoxy) is 2. The van der Waals surface area contributed by atoms with Crippen molar-refractivity contribution >= 4 is 46.4 Å². The molecule has 2 heterocycles. The number of carbonyl (C=O) groups is 5. The lowest BCUT2D eigenvalue weighted by atomic mass is 9.80. The zero-order valence-electron chi connectivity index (χ0n) is 22.6. The van der Waals surface area contributed by atoms with E-state index < -0.39 is 47.8 Å². The van der Waals surface area contributed by atoms with Crippen LogP contribution in [0, 0.1) is 0 Å². The molecule has 1 saturated carbocycles. The minimum absolute atomic E-state index is 0.121. The zero-order chi connectivity index (χ0) is 29.9. The molecule has 3 amide bonds. The lowest BCUT2D eigenvalue weighted by molar-refractivity contribution is -0.163. The molecule has 0 spiro atoms. The summed E-state index contributed by atoms with van der Waals surface area (Å²) in [5.41, 5.74) is 10.3. The molecule has 1 aliphatic carbocycles. The van der Waals surface area contributed by atoms with Crippen LogP contribution in [0.2, 0.25) is 0 Å². The third kappa shape index (κ3) is 5.95. The summed E-state index contributed by atoms with van der Waals surface area (Å²) in [6, 6.07) is 4.55. The second-order valence-corrected chi connectivity index (χ2v) is 10.1. The van der Waals surface area contributed by atoms with Crippen molar-refractivity contribution in [2.24, 2.45) is 5.73 Å². The molecule has 4 rings (SSSR count). The summed E-state index contributed by atoms with van der Waals surface area (Å²) in [5.74, 6) is -5.29. The molecule has 1 aromatic heterocycles. The Morgan fingerprint density at radius 2 is 1.73 bits per heavy atom. The molecule has 1 atom stereocenters. The van der Waals surface area contributed by atoms with Gasteiger partial charge in [-0.05, 0) is 50.8 Å². The number of piperazine rings is 1. The van der Waals surface area contributed by atoms with Crippen molar-refractivity contribution in [3.63, 3.8) is 0 Å². The molecule has 2 fully saturated rings. The van der Waals surface area contributed by atoms with Gasteiger partial charge in [-0.1, -0.05) is 0 Å². The number of rotatable bonds is 10. The van der Waals surface area contributed by atoms with Crippen LogP contribution in [0.25, 0.3) is 10.9 Å². The number of benzene rings is 1. The van der Waals surface area contributed by atoms with E-state index in [0.29, 0.717) is 12.1 Å². The van der Waals surface area contributed by atoms with Gasteiger partial charge in [0.25, 0.3) is 5.91 Å². The number of carboxylic acids is 2. The summed E-state index contributed by atoms with van der Waals surface area (Å²) >= 11 is 0. The van der Waals surface area contributed by atoms with E-state index in [9.17, 15) is 34.2 Å². The van der Waals surface area contributed by atoms with Gasteiger partial charge in [0.05, 0.1) is 23.7 Å². The number of hydrogen-bond donors (Lipinski definition) is 4. The Morgan fingerprint density at radius 3 is 2.27 bits per heavy atom. The summed E-state index contributed by atoms with van der Waals surface area (Å²) in [6.07, 6.45) is -0.169. The van der Waals surface area contributed by atoms with Crippen molar-refractivity contribution in [3.05, 3.63) is 29.5 Å². The van der Waals surface area contributed by atoms with Crippen molar-refractivity contribution in [2.75, 3.05) is 38.5 Å². The molecular weight excluding hydrogens is 538 g/mol. The van der Waals surface area contributed by atoms with Gasteiger partial charge in [0.15, 0.2) is 0 Å². The van der Waals surface area contributed by atoms with Crippen LogP contribution in [0.1, 0.15) is 61.0 Å². The molecule has 0 bridgehead atoms. The summed E-state index contributed by atoms with van der Waals surface area (Å²) in [7, 11) is 0. The minimum atomic E-state index is -1.60. The minimum Gasteiger partial charge on any atom is -0.481 e. The molecule has 1 aromatic carbocycles. The second-order valence-electron chi connectivity index (χ2n) is 10.1. The number of carboxylic acid groups (broad SMARTS) is 2. The number of hydrogen-bond acceptors (Lipinski definition) is 9. The highest BCUT2D eigenvalue weighted by molar-refractivity contribution is 6.05. The number of aliphatic carboxylic acids is 2. The van der Waals surface area contributed by atoms with Crippen LogP contribution >= 0.6 is 0 Å². The van der Waals surface area contributed by atoms with E-state index in [4.69, 9.17) is 20.9 Å². The van der Waals surface area contributed by atoms with Crippen molar-refractivity contribution in [2.45, 2.75) is 50.5 Å². The van der Waals surface area contributed by atoms with Gasteiger partial charge < -0.3 is 41.0 Å². The molecule has 1 saturated heterocycles. The lowest BCUT2D eigenvalue weighted by Gasteiger charge is -2.39. The molecule has 220 valence electrons. The van der Waals surface area contributed by atoms with Crippen molar-refractivity contribution in [3.8, 4) is 5.75 Å². The summed E-state index contributed by atoms with van der Waals surface area (Å²) in [4.78, 5) is 70.2. The van der Waals surface area contributed by atoms with Crippen LogP contribution in [0.3, 0.4) is 0 Å². The average Bonchev–Trinajstić information content (AvgIpc) is 2.89. The molecule has 2 aliphatic rings. The molecule has 2 aromatic rings. The van der Waals surface area contributed by atoms with E-state index in [1.807, 2.05) is 0 Å². The number of nitrogens with zero attached hydrogens (tertiary/aromatic N) is 3. The summed E-state index contributed by atoms with van der Waals surface area (Å²) < 4.78 is 11.1. The van der Waals surface area contributed by atoms with E-state index in [1.165, 1.54) is 28.0 Å². The maximum absolute atomic E-state index is 13.9. The van der Waals surface area contributed by atoms with Crippen LogP contribution in [0.4, 0.5) is 10.5 Å². The quantitative estimate of drug-likeness (QED) is 0.300. The average molecular weight is 572 g/mol. The SMILES string of the molecule is CCOC(=O)N1CCN(C(=O)C(CCC(=O)O)c2nc3cc(N)ccc3c(OC3(C(=O)O)CCC3)c2C(N)=O)CC1. The highest BCUT2D eigenvalue weighted by atomic mass is 16.6. The monoisotopic (exact) mass is 571 g/mol. The third-order valence-corrected chi connectivity index (χ3v) is 7.48. The van der Waals surface area contributed by atoms with Crippen LogP contribution in [-0.2, 0) is 19.1 Å². The van der Waals surface area contributed by atoms with E-state index in [2.05, 4.69) is 4.98 Å². The van der Waals surface area contributed by atoms with Crippen LogP contribution in [-0.4, -0.2) is 93.2 Å². The number of carbonyl (C=O) groups excluding carboxylic acids is 3. The molecule has 6 N–H and O–H groups in total. The Labute approximate surface area is 235 Å². The Morgan fingerprint density at radius 1 is 1.07 bits per heavy atom. The Bertz CT molecular complexity index is 1380. The maximum Gasteiger partial charge on any atom is 0.409 e. The normalized spacial score (nSPS) is 16.9. The van der Waals surface area contributed by atoms with Gasteiger partial charge in [-0.25, -0.2) is 9.59 Å². The first-order chi connectivity index (χ1) is 19.5. The van der Waals surface area contributed by atoms with E-state index in [0.717, 1.165) is 0 Å². The zero-order valence-corrected chi connectivity index (χ0v) is 22.6. The Hall–Kier alpha value is -4.62. The topological polar surface area (TPSA) is 216 Å². The van der Waals surface area contributed by atoms with Crippen LogP contribution in [0.15, 0.2) is 18.2 Å². The number of primary amides is 1. The van der Waals surface area contributed by atoms with Gasteiger partial charge in [0, 0.05) is 43.7 Å². The van der Waals surface area contributed by atoms with E-state index in [-0.39, 0.29) is 80.0 Å². The number of nitrogens with two attached hydrogens (primary N) is 2. The highest BCUT2D eigenvalue weighted by Crippen LogP contribution is 2.43. The van der Waals surface area contributed by atoms with Crippen molar-refractivity contribution in [1.82, 2.24) is 14.8 Å². The molecular formula is C27H33N5O9. The van der Waals surface area contributed by atoms with Gasteiger partial charge in [0.2, 0.25) is 11.5 Å². The first kappa shape index (κ1) is 29.4. The molecule has 0 radical (unpaired) electrons. The largest absolute Gasteiger partial charge is 0.481 e. The van der Waals surface area contributed by atoms with E-state index >= 15 is 0 Å². The van der Waals surface area contributed by atoms with E-state index in [1.54, 1.807) is 6.92 Å². The smallest absolute Gasteiger partial charge is 0.409 e. The molecule has 14 heteroatoms. The van der Waals surface area contributed by atoms with Gasteiger partial charge in [0.1, 0.15) is 11.3 Å². The highest BCUT2D eigenvalue weighted by Gasteiger charge is 2.48. The van der Waals surface area contributed by atoms with Crippen molar-refractivity contribution < 1.29 is 43.7 Å². The van der Waals surface area contributed by atoms with Gasteiger partial charge in [-0.15, -0.1) is 0 Å².